The first-order valence-corrected chi connectivity index (χ1v) is 5.34. The largest absolute Gasteiger partial charge is 0.492 e. The van der Waals surface area contributed by atoms with Gasteiger partial charge in [0.25, 0.3) is 5.91 Å². The molecule has 0 spiro atoms. The smallest absolute Gasteiger partial charge is 0.253 e. The number of hydrogen-bond acceptors (Lipinski definition) is 2. The van der Waals surface area contributed by atoms with Crippen LogP contribution in [0.3, 0.4) is 0 Å². The summed E-state index contributed by atoms with van der Waals surface area (Å²) in [6, 6.07) is 2.77. The van der Waals surface area contributed by atoms with Crippen LogP contribution in [0, 0.1) is 5.82 Å². The molecule has 1 aromatic rings. The van der Waals surface area contributed by atoms with E-state index in [9.17, 15) is 9.18 Å². The van der Waals surface area contributed by atoms with Crippen molar-refractivity contribution >= 4 is 17.5 Å². The van der Waals surface area contributed by atoms with Gasteiger partial charge in [0.15, 0.2) is 11.6 Å². The number of hydrogen-bond donors (Lipinski definition) is 1. The van der Waals surface area contributed by atoms with Crippen molar-refractivity contribution < 1.29 is 13.9 Å². The lowest BCUT2D eigenvalue weighted by molar-refractivity contribution is 0.0951. The third-order valence-corrected chi connectivity index (χ3v) is 2.79. The summed E-state index contributed by atoms with van der Waals surface area (Å²) in [6.45, 7) is 0. The summed E-state index contributed by atoms with van der Waals surface area (Å²) in [5.74, 6) is -0.952. The first-order valence-electron chi connectivity index (χ1n) is 4.96. The van der Waals surface area contributed by atoms with Crippen molar-refractivity contribution in [1.82, 2.24) is 5.32 Å². The standard InChI is InChI=1S/C11H11ClFNO2/c1-16-10-8(13)5-4-7(9(10)12)11(15)14-6-2-3-6/h4-6H,2-3H2,1H3,(H,14,15). The third kappa shape index (κ3) is 2.11. The van der Waals surface area contributed by atoms with Crippen LogP contribution in [-0.2, 0) is 0 Å². The molecular formula is C11H11ClFNO2. The lowest BCUT2D eigenvalue weighted by Gasteiger charge is -2.09. The Balaban J connectivity index is 2.29. The molecule has 0 unspecified atom stereocenters. The molecule has 5 heteroatoms. The molecule has 2 rings (SSSR count). The minimum Gasteiger partial charge on any atom is -0.492 e. The van der Waals surface area contributed by atoms with E-state index in [1.54, 1.807) is 0 Å². The number of halogens is 2. The zero-order valence-corrected chi connectivity index (χ0v) is 9.47. The van der Waals surface area contributed by atoms with Crippen LogP contribution in [0.15, 0.2) is 12.1 Å². The van der Waals surface area contributed by atoms with Crippen molar-refractivity contribution in [2.45, 2.75) is 18.9 Å². The third-order valence-electron chi connectivity index (χ3n) is 2.41. The number of ether oxygens (including phenoxy) is 1. The van der Waals surface area contributed by atoms with E-state index in [-0.39, 0.29) is 28.3 Å². The minimum atomic E-state index is -0.574. The van der Waals surface area contributed by atoms with Crippen molar-refractivity contribution in [2.24, 2.45) is 0 Å². The fourth-order valence-electron chi connectivity index (χ4n) is 1.39. The molecule has 0 aromatic heterocycles. The van der Waals surface area contributed by atoms with Gasteiger partial charge in [0.2, 0.25) is 0 Å². The molecular weight excluding hydrogens is 233 g/mol. The van der Waals surface area contributed by atoms with Crippen LogP contribution in [0.5, 0.6) is 5.75 Å². The molecule has 0 bridgehead atoms. The van der Waals surface area contributed by atoms with Gasteiger partial charge < -0.3 is 10.1 Å². The Morgan fingerprint density at radius 3 is 2.81 bits per heavy atom. The lowest BCUT2D eigenvalue weighted by Crippen LogP contribution is -2.25. The molecule has 1 fully saturated rings. The van der Waals surface area contributed by atoms with Gasteiger partial charge in [0, 0.05) is 6.04 Å². The van der Waals surface area contributed by atoms with E-state index < -0.39 is 5.82 Å². The molecule has 0 atom stereocenters. The number of methoxy groups -OCH3 is 1. The van der Waals surface area contributed by atoms with E-state index in [1.807, 2.05) is 0 Å². The fourth-order valence-corrected chi connectivity index (χ4v) is 1.70. The number of carbonyl (C=O) groups is 1. The number of rotatable bonds is 3. The normalized spacial score (nSPS) is 14.7. The maximum atomic E-state index is 13.2. The van der Waals surface area contributed by atoms with Crippen molar-refractivity contribution in [3.05, 3.63) is 28.5 Å². The molecule has 1 aromatic carbocycles. The maximum absolute atomic E-state index is 13.2. The first-order chi connectivity index (χ1) is 7.63. The van der Waals surface area contributed by atoms with Gasteiger partial charge >= 0.3 is 0 Å². The van der Waals surface area contributed by atoms with Crippen LogP contribution in [-0.4, -0.2) is 19.1 Å². The zero-order valence-electron chi connectivity index (χ0n) is 8.72. The monoisotopic (exact) mass is 243 g/mol. The summed E-state index contributed by atoms with van der Waals surface area (Å²) in [4.78, 5) is 11.7. The highest BCUT2D eigenvalue weighted by molar-refractivity contribution is 6.35. The molecule has 3 nitrogen and oxygen atoms in total. The molecule has 1 aliphatic carbocycles. The summed E-state index contributed by atoms with van der Waals surface area (Å²) in [5.41, 5.74) is 0.242. The first kappa shape index (κ1) is 11.2. The second kappa shape index (κ2) is 4.29. The van der Waals surface area contributed by atoms with Crippen molar-refractivity contribution in [3.8, 4) is 5.75 Å². The lowest BCUT2D eigenvalue weighted by atomic mass is 10.2. The van der Waals surface area contributed by atoms with Crippen molar-refractivity contribution in [1.29, 1.82) is 0 Å². The average molecular weight is 244 g/mol. The van der Waals surface area contributed by atoms with Gasteiger partial charge in [-0.05, 0) is 25.0 Å². The second-order valence-electron chi connectivity index (χ2n) is 3.69. The predicted molar refractivity (Wildman–Crippen MR) is 58.5 cm³/mol. The van der Waals surface area contributed by atoms with E-state index in [0.717, 1.165) is 12.8 Å². The van der Waals surface area contributed by atoms with Gasteiger partial charge in [-0.15, -0.1) is 0 Å². The summed E-state index contributed by atoms with van der Waals surface area (Å²) < 4.78 is 18.0. The highest BCUT2D eigenvalue weighted by Gasteiger charge is 2.26. The van der Waals surface area contributed by atoms with Gasteiger partial charge in [-0.3, -0.25) is 4.79 Å². The van der Waals surface area contributed by atoms with Gasteiger partial charge in [0.1, 0.15) is 0 Å². The Hall–Kier alpha value is -1.29. The van der Waals surface area contributed by atoms with Gasteiger partial charge in [0.05, 0.1) is 17.7 Å². The predicted octanol–water partition coefficient (Wildman–Crippen LogP) is 2.38. The summed E-state index contributed by atoms with van der Waals surface area (Å²) in [7, 11) is 1.31. The number of carbonyl (C=O) groups excluding carboxylic acids is 1. The van der Waals surface area contributed by atoms with Crippen LogP contribution >= 0.6 is 11.6 Å². The molecule has 1 amide bonds. The van der Waals surface area contributed by atoms with Crippen LogP contribution in [0.1, 0.15) is 23.2 Å². The van der Waals surface area contributed by atoms with E-state index in [0.29, 0.717) is 0 Å². The number of benzene rings is 1. The summed E-state index contributed by atoms with van der Waals surface area (Å²) in [5, 5.41) is 2.79. The SMILES string of the molecule is COc1c(F)ccc(C(=O)NC2CC2)c1Cl. The Labute approximate surface area is 97.5 Å². The van der Waals surface area contributed by atoms with E-state index >= 15 is 0 Å². The zero-order chi connectivity index (χ0) is 11.7. The van der Waals surface area contributed by atoms with Crippen LogP contribution < -0.4 is 10.1 Å². The molecule has 86 valence electrons. The fraction of sp³-hybridized carbons (Fsp3) is 0.364. The number of nitrogens with one attached hydrogen (secondary N) is 1. The van der Waals surface area contributed by atoms with Gasteiger partial charge in [-0.2, -0.15) is 0 Å². The molecule has 1 aliphatic rings. The quantitative estimate of drug-likeness (QED) is 0.885. The maximum Gasteiger partial charge on any atom is 0.253 e. The minimum absolute atomic E-state index is 0.0145. The topological polar surface area (TPSA) is 38.3 Å². The molecule has 0 saturated heterocycles. The molecule has 0 radical (unpaired) electrons. The van der Waals surface area contributed by atoms with Gasteiger partial charge in [-0.25, -0.2) is 4.39 Å². The van der Waals surface area contributed by atoms with Crippen molar-refractivity contribution in [3.63, 3.8) is 0 Å². The van der Waals surface area contributed by atoms with Crippen LogP contribution in [0.2, 0.25) is 5.02 Å². The van der Waals surface area contributed by atoms with Crippen molar-refractivity contribution in [2.75, 3.05) is 7.11 Å². The molecule has 0 heterocycles. The Kier molecular flexibility index (Phi) is 3.01. The van der Waals surface area contributed by atoms with Crippen LogP contribution in [0.4, 0.5) is 4.39 Å². The van der Waals surface area contributed by atoms with E-state index in [4.69, 9.17) is 16.3 Å². The molecule has 1 saturated carbocycles. The van der Waals surface area contributed by atoms with E-state index in [1.165, 1.54) is 19.2 Å². The Bertz CT molecular complexity index is 432. The van der Waals surface area contributed by atoms with Crippen LogP contribution in [0.25, 0.3) is 0 Å². The molecule has 0 aliphatic heterocycles. The average Bonchev–Trinajstić information content (AvgIpc) is 3.02. The molecule has 1 N–H and O–H groups in total. The van der Waals surface area contributed by atoms with E-state index in [2.05, 4.69) is 5.32 Å². The highest BCUT2D eigenvalue weighted by Crippen LogP contribution is 2.31. The Morgan fingerprint density at radius 1 is 1.56 bits per heavy atom. The Morgan fingerprint density at radius 2 is 2.25 bits per heavy atom. The van der Waals surface area contributed by atoms with Gasteiger partial charge in [-0.1, -0.05) is 11.6 Å². The highest BCUT2D eigenvalue weighted by atomic mass is 35.5. The molecule has 16 heavy (non-hydrogen) atoms. The second-order valence-corrected chi connectivity index (χ2v) is 4.07. The number of amides is 1. The summed E-state index contributed by atoms with van der Waals surface area (Å²) >= 11 is 5.89. The summed E-state index contributed by atoms with van der Waals surface area (Å²) in [6.07, 6.45) is 1.98.